The van der Waals surface area contributed by atoms with Gasteiger partial charge in [-0.15, -0.1) is 0 Å². The van der Waals surface area contributed by atoms with E-state index in [2.05, 4.69) is 22.6 Å². The summed E-state index contributed by atoms with van der Waals surface area (Å²) in [6, 6.07) is 14.0. The van der Waals surface area contributed by atoms with Crippen LogP contribution in [0.5, 0.6) is 0 Å². The molecule has 2 aliphatic rings. The van der Waals surface area contributed by atoms with Gasteiger partial charge in [-0.2, -0.15) is 0 Å². The van der Waals surface area contributed by atoms with Gasteiger partial charge in [-0.05, 0) is 40.8 Å². The fraction of sp³-hybridized carbons (Fsp3) is 0.300. The number of fused-ring (bicyclic) bond motifs is 1. The summed E-state index contributed by atoms with van der Waals surface area (Å²) in [7, 11) is 0. The number of ether oxygens (including phenoxy) is 2. The smallest absolute Gasteiger partial charge is 0.192 e. The zero-order chi connectivity index (χ0) is 18.1. The fourth-order valence-corrected chi connectivity index (χ4v) is 4.01. The normalized spacial score (nSPS) is 24.5. The zero-order valence-electron chi connectivity index (χ0n) is 14.0. The van der Waals surface area contributed by atoms with E-state index in [0.29, 0.717) is 36.8 Å². The molecule has 2 atom stereocenters. The Morgan fingerprint density at radius 1 is 1.23 bits per heavy atom. The summed E-state index contributed by atoms with van der Waals surface area (Å²) in [5, 5.41) is 0. The lowest BCUT2D eigenvalue weighted by atomic mass is 9.80. The number of nitrogens with zero attached hydrogens (tertiary/aromatic N) is 1. The van der Waals surface area contributed by atoms with Crippen molar-refractivity contribution >= 4 is 34.3 Å². The predicted molar refractivity (Wildman–Crippen MR) is 104 cm³/mol. The first-order valence-corrected chi connectivity index (χ1v) is 9.49. The molecule has 0 saturated carbocycles. The summed E-state index contributed by atoms with van der Waals surface area (Å²) in [6.07, 6.45) is 0.0596. The number of carbonyl (C=O) groups excluding carboxylic acids is 1. The summed E-state index contributed by atoms with van der Waals surface area (Å²) >= 11 is 2.16. The van der Waals surface area contributed by atoms with E-state index in [0.717, 1.165) is 3.57 Å². The van der Waals surface area contributed by atoms with Crippen molar-refractivity contribution in [1.82, 2.24) is 0 Å². The van der Waals surface area contributed by atoms with Gasteiger partial charge < -0.3 is 9.47 Å². The van der Waals surface area contributed by atoms with Gasteiger partial charge in [-0.1, -0.05) is 30.3 Å². The van der Waals surface area contributed by atoms with Crippen LogP contribution < -0.4 is 0 Å². The SMILES string of the molecule is O=C(CC1=NC2(c3cc(I)ccc3F)COCC2CO1)c1ccccc1. The number of ketones is 1. The first-order valence-electron chi connectivity index (χ1n) is 8.41. The molecule has 0 aliphatic carbocycles. The zero-order valence-corrected chi connectivity index (χ0v) is 16.1. The monoisotopic (exact) mass is 465 g/mol. The second-order valence-corrected chi connectivity index (χ2v) is 7.79. The summed E-state index contributed by atoms with van der Waals surface area (Å²) in [6.45, 7) is 1.13. The number of aliphatic imine (C=N–C) groups is 1. The summed E-state index contributed by atoms with van der Waals surface area (Å²) in [5.41, 5.74) is 0.300. The number of hydrogen-bond donors (Lipinski definition) is 0. The molecule has 2 aliphatic heterocycles. The largest absolute Gasteiger partial charge is 0.480 e. The van der Waals surface area contributed by atoms with Crippen LogP contribution in [-0.2, 0) is 15.0 Å². The molecule has 0 bridgehead atoms. The van der Waals surface area contributed by atoms with E-state index in [1.165, 1.54) is 6.07 Å². The van der Waals surface area contributed by atoms with Crippen LogP contribution in [0.4, 0.5) is 4.39 Å². The molecule has 2 unspecified atom stereocenters. The standard InChI is InChI=1S/C20H17FINO3/c21-17-7-6-15(22)8-16(17)20-12-25-10-14(20)11-26-19(23-20)9-18(24)13-4-2-1-3-5-13/h1-8,14H,9-12H2. The van der Waals surface area contributed by atoms with Gasteiger partial charge in [0, 0.05) is 20.6 Å². The Morgan fingerprint density at radius 2 is 2.04 bits per heavy atom. The molecule has 134 valence electrons. The number of benzene rings is 2. The second-order valence-electron chi connectivity index (χ2n) is 6.54. The Labute approximate surface area is 164 Å². The van der Waals surface area contributed by atoms with E-state index in [9.17, 15) is 9.18 Å². The molecule has 1 saturated heterocycles. The third kappa shape index (κ3) is 3.16. The molecule has 0 amide bonds. The van der Waals surface area contributed by atoms with Crippen LogP contribution in [-0.4, -0.2) is 31.5 Å². The van der Waals surface area contributed by atoms with Crippen LogP contribution in [0.25, 0.3) is 0 Å². The molecule has 26 heavy (non-hydrogen) atoms. The maximum atomic E-state index is 14.6. The van der Waals surface area contributed by atoms with Crippen molar-refractivity contribution in [3.8, 4) is 0 Å². The molecule has 4 nitrogen and oxygen atoms in total. The number of rotatable bonds is 4. The Hall–Kier alpha value is -1.80. The second kappa shape index (κ2) is 7.08. The first kappa shape index (κ1) is 17.6. The lowest BCUT2D eigenvalue weighted by Gasteiger charge is -2.35. The third-order valence-corrected chi connectivity index (χ3v) is 5.57. The van der Waals surface area contributed by atoms with E-state index in [-0.39, 0.29) is 23.9 Å². The highest BCUT2D eigenvalue weighted by molar-refractivity contribution is 14.1. The van der Waals surface area contributed by atoms with E-state index in [1.807, 2.05) is 24.3 Å². The molecule has 0 N–H and O–H groups in total. The molecule has 2 aromatic carbocycles. The van der Waals surface area contributed by atoms with Crippen molar-refractivity contribution < 1.29 is 18.7 Å². The van der Waals surface area contributed by atoms with Crippen molar-refractivity contribution in [1.29, 1.82) is 0 Å². The average molecular weight is 465 g/mol. The lowest BCUT2D eigenvalue weighted by Crippen LogP contribution is -2.42. The highest BCUT2D eigenvalue weighted by Gasteiger charge is 2.50. The molecule has 2 heterocycles. The Kier molecular flexibility index (Phi) is 4.79. The molecule has 0 spiro atoms. The van der Waals surface area contributed by atoms with Crippen molar-refractivity contribution in [3.63, 3.8) is 0 Å². The van der Waals surface area contributed by atoms with Gasteiger partial charge >= 0.3 is 0 Å². The topological polar surface area (TPSA) is 47.9 Å². The van der Waals surface area contributed by atoms with Gasteiger partial charge in [-0.3, -0.25) is 4.79 Å². The summed E-state index contributed by atoms with van der Waals surface area (Å²) < 4.78 is 26.9. The number of halogens is 2. The summed E-state index contributed by atoms with van der Waals surface area (Å²) in [4.78, 5) is 17.2. The summed E-state index contributed by atoms with van der Waals surface area (Å²) in [5.74, 6) is -0.0927. The highest BCUT2D eigenvalue weighted by Crippen LogP contribution is 2.43. The van der Waals surface area contributed by atoms with Crippen molar-refractivity contribution in [2.45, 2.75) is 12.0 Å². The van der Waals surface area contributed by atoms with Crippen LogP contribution in [0.15, 0.2) is 53.5 Å². The minimum Gasteiger partial charge on any atom is -0.480 e. The van der Waals surface area contributed by atoms with Crippen LogP contribution in [0.2, 0.25) is 0 Å². The van der Waals surface area contributed by atoms with Crippen molar-refractivity contribution in [3.05, 3.63) is 69.0 Å². The van der Waals surface area contributed by atoms with Gasteiger partial charge in [0.05, 0.1) is 26.2 Å². The average Bonchev–Trinajstić information content (AvgIpc) is 3.08. The molecular formula is C20H17FINO3. The van der Waals surface area contributed by atoms with E-state index in [4.69, 9.17) is 14.5 Å². The van der Waals surface area contributed by atoms with E-state index in [1.54, 1.807) is 18.2 Å². The third-order valence-electron chi connectivity index (χ3n) is 4.89. The van der Waals surface area contributed by atoms with Gasteiger partial charge in [0.25, 0.3) is 0 Å². The number of Topliss-reactive ketones (excluding diaryl/α,β-unsaturated/α-hetero) is 1. The Bertz CT molecular complexity index is 871. The maximum absolute atomic E-state index is 14.6. The van der Waals surface area contributed by atoms with Gasteiger partial charge in [-0.25, -0.2) is 9.38 Å². The number of carbonyl (C=O) groups is 1. The molecule has 2 aromatic rings. The molecule has 6 heteroatoms. The van der Waals surface area contributed by atoms with Crippen LogP contribution >= 0.6 is 22.6 Å². The van der Waals surface area contributed by atoms with Gasteiger partial charge in [0.1, 0.15) is 11.4 Å². The minimum atomic E-state index is -0.824. The fourth-order valence-electron chi connectivity index (χ4n) is 3.51. The molecule has 0 aromatic heterocycles. The van der Waals surface area contributed by atoms with E-state index >= 15 is 0 Å². The number of hydrogen-bond acceptors (Lipinski definition) is 4. The van der Waals surface area contributed by atoms with Crippen molar-refractivity contribution in [2.24, 2.45) is 10.9 Å². The molecular weight excluding hydrogens is 448 g/mol. The Balaban J connectivity index is 1.69. The van der Waals surface area contributed by atoms with Crippen LogP contribution in [0.3, 0.4) is 0 Å². The Morgan fingerprint density at radius 3 is 2.85 bits per heavy atom. The van der Waals surface area contributed by atoms with Crippen molar-refractivity contribution in [2.75, 3.05) is 19.8 Å². The quantitative estimate of drug-likeness (QED) is 0.507. The maximum Gasteiger partial charge on any atom is 0.192 e. The minimum absolute atomic E-state index is 0.0596. The highest BCUT2D eigenvalue weighted by atomic mass is 127. The van der Waals surface area contributed by atoms with Gasteiger partial charge in [0.15, 0.2) is 11.7 Å². The van der Waals surface area contributed by atoms with Gasteiger partial charge in [0.2, 0.25) is 0 Å². The van der Waals surface area contributed by atoms with Crippen LogP contribution in [0.1, 0.15) is 22.3 Å². The first-order chi connectivity index (χ1) is 12.6. The van der Waals surface area contributed by atoms with Crippen LogP contribution in [0, 0.1) is 15.3 Å². The predicted octanol–water partition coefficient (Wildman–Crippen LogP) is 3.97. The molecule has 1 fully saturated rings. The van der Waals surface area contributed by atoms with E-state index < -0.39 is 5.54 Å². The molecule has 0 radical (unpaired) electrons. The lowest BCUT2D eigenvalue weighted by molar-refractivity contribution is 0.0978. The molecule has 4 rings (SSSR count).